The molecule has 0 spiro atoms. The number of rotatable bonds is 6. The summed E-state index contributed by atoms with van der Waals surface area (Å²) in [6, 6.07) is 10.6. The molecule has 12 heteroatoms. The van der Waals surface area contributed by atoms with Crippen LogP contribution < -0.4 is 13.7 Å². The summed E-state index contributed by atoms with van der Waals surface area (Å²) < 4.78 is 85.2. The molecule has 0 atom stereocenters. The summed E-state index contributed by atoms with van der Waals surface area (Å²) >= 11 is 0. The van der Waals surface area contributed by atoms with Crippen LogP contribution in [-0.2, 0) is 21.1 Å². The van der Waals surface area contributed by atoms with E-state index in [9.17, 15) is 16.7 Å². The molecule has 0 amide bonds. The number of halogens is 2. The van der Waals surface area contributed by atoms with Crippen molar-refractivity contribution in [2.45, 2.75) is 0 Å². The van der Waals surface area contributed by atoms with Gasteiger partial charge in [-0.25, -0.2) is 4.39 Å². The molecule has 0 aromatic heterocycles. The Kier molecular flexibility index (Phi) is 7.75. The van der Waals surface area contributed by atoms with Crippen molar-refractivity contribution < 1.29 is 43.0 Å². The van der Waals surface area contributed by atoms with Crippen molar-refractivity contribution in [2.75, 3.05) is 6.79 Å². The molecule has 0 saturated carbocycles. The summed E-state index contributed by atoms with van der Waals surface area (Å²) in [6.45, 7) is -0.132. The molecule has 0 N–H and O–H groups in total. The lowest BCUT2D eigenvalue weighted by atomic mass is 10.3. The first-order chi connectivity index (χ1) is 11.7. The predicted molar refractivity (Wildman–Crippen MR) is 79.3 cm³/mol. The van der Waals surface area contributed by atoms with Gasteiger partial charge in [-0.3, -0.25) is 0 Å². The van der Waals surface area contributed by atoms with Gasteiger partial charge in [0.15, 0.2) is 0 Å². The van der Waals surface area contributed by atoms with Crippen molar-refractivity contribution in [3.05, 3.63) is 54.3 Å². The molecule has 0 aliphatic carbocycles. The van der Waals surface area contributed by atoms with E-state index in [-0.39, 0.29) is 18.4 Å². The highest BCUT2D eigenvalue weighted by molar-refractivity contribution is 7.81. The number of hydrogen-bond acceptors (Lipinski definition) is 8. The second-order valence-corrected chi connectivity index (χ2v) is 5.37. The molecule has 0 heterocycles. The lowest BCUT2D eigenvalue weighted by Crippen LogP contribution is -2.05. The molecule has 8 nitrogen and oxygen atoms in total. The smallest absolute Gasteiger partial charge is 0.457 e. The Labute approximate surface area is 143 Å². The summed E-state index contributed by atoms with van der Waals surface area (Å²) in [4.78, 5) is 0. The van der Waals surface area contributed by atoms with Gasteiger partial charge >= 0.3 is 21.1 Å². The number of ether oxygens (including phenoxy) is 2. The van der Waals surface area contributed by atoms with E-state index in [0.717, 1.165) is 0 Å². The second kappa shape index (κ2) is 9.54. The minimum Gasteiger partial charge on any atom is -0.457 e. The van der Waals surface area contributed by atoms with Crippen LogP contribution in [0.15, 0.2) is 48.5 Å². The monoisotopic (exact) mass is 396 g/mol. The zero-order valence-corrected chi connectivity index (χ0v) is 13.8. The van der Waals surface area contributed by atoms with Crippen LogP contribution in [0.2, 0.25) is 0 Å². The maximum Gasteiger partial charge on any atom is 0.488 e. The third-order valence-electron chi connectivity index (χ3n) is 2.28. The lowest BCUT2D eigenvalue weighted by molar-refractivity contribution is 0.119. The fourth-order valence-corrected chi connectivity index (χ4v) is 1.74. The molecule has 2 aromatic carbocycles. The maximum absolute atomic E-state index is 12.7. The van der Waals surface area contributed by atoms with E-state index >= 15 is 0 Å². The topological polar surface area (TPSA) is 113 Å². The molecule has 0 unspecified atom stereocenters. The Bertz CT molecular complexity index is 872. The van der Waals surface area contributed by atoms with Gasteiger partial charge in [0.1, 0.15) is 23.1 Å². The van der Waals surface area contributed by atoms with Gasteiger partial charge in [-0.1, -0.05) is 3.89 Å². The molecule has 2 rings (SSSR count). The SMILES string of the molecule is O=S(=O)(F)Oc1ccc(OCOc2ccc(F)cc2)cc1.O=S(=O)=O. The summed E-state index contributed by atoms with van der Waals surface area (Å²) in [5, 5.41) is 0. The zero-order valence-electron chi connectivity index (χ0n) is 12.2. The molecule has 0 saturated heterocycles. The molecule has 0 aliphatic heterocycles. The minimum absolute atomic E-state index is 0.132. The fourth-order valence-electron chi connectivity index (χ4n) is 1.40. The number of benzene rings is 2. The average molecular weight is 396 g/mol. The molecule has 136 valence electrons. The summed E-state index contributed by atoms with van der Waals surface area (Å²) in [5.41, 5.74) is 0. The third kappa shape index (κ3) is 9.88. The minimum atomic E-state index is -5.04. The van der Waals surface area contributed by atoms with E-state index in [1.165, 1.54) is 48.5 Å². The molecule has 0 radical (unpaired) electrons. The van der Waals surface area contributed by atoms with E-state index in [0.29, 0.717) is 11.5 Å². The molecule has 25 heavy (non-hydrogen) atoms. The molecule has 0 fully saturated rings. The van der Waals surface area contributed by atoms with E-state index in [1.807, 2.05) is 0 Å². The predicted octanol–water partition coefficient (Wildman–Crippen LogP) is 1.83. The van der Waals surface area contributed by atoms with Gasteiger partial charge in [-0.05, 0) is 48.5 Å². The van der Waals surface area contributed by atoms with Crippen LogP contribution in [0.25, 0.3) is 0 Å². The standard InChI is InChI=1S/C13H10F2O5S.O3S/c14-10-1-3-11(4-2-10)18-9-19-12-5-7-13(8-6-12)20-21(15,16)17;1-4(2)3/h1-8H,9H2;. The van der Waals surface area contributed by atoms with E-state index < -0.39 is 21.1 Å². The molecular formula is C13H10F2O8S2. The first kappa shape index (κ1) is 20.3. The van der Waals surface area contributed by atoms with Crippen molar-refractivity contribution >= 4 is 21.1 Å². The molecule has 0 aliphatic rings. The van der Waals surface area contributed by atoms with E-state index in [4.69, 9.17) is 22.1 Å². The van der Waals surface area contributed by atoms with E-state index in [1.54, 1.807) is 0 Å². The van der Waals surface area contributed by atoms with Crippen LogP contribution >= 0.6 is 0 Å². The Morgan fingerprint density at radius 1 is 0.800 bits per heavy atom. The van der Waals surface area contributed by atoms with Gasteiger partial charge in [0, 0.05) is 0 Å². The van der Waals surface area contributed by atoms with Crippen molar-refractivity contribution in [1.82, 2.24) is 0 Å². The molecule has 2 aromatic rings. The summed E-state index contributed by atoms with van der Waals surface area (Å²) in [7, 11) is -8.15. The van der Waals surface area contributed by atoms with Gasteiger partial charge in [-0.2, -0.15) is 8.42 Å². The Hall–Kier alpha value is -2.73. The fraction of sp³-hybridized carbons (Fsp3) is 0.0769. The van der Waals surface area contributed by atoms with Gasteiger partial charge in [0.05, 0.1) is 0 Å². The van der Waals surface area contributed by atoms with Crippen LogP contribution in [0.4, 0.5) is 8.28 Å². The summed E-state index contributed by atoms with van der Waals surface area (Å²) in [6.07, 6.45) is 0. The van der Waals surface area contributed by atoms with Crippen molar-refractivity contribution in [2.24, 2.45) is 0 Å². The zero-order chi connectivity index (χ0) is 18.9. The van der Waals surface area contributed by atoms with Crippen molar-refractivity contribution in [1.29, 1.82) is 0 Å². The van der Waals surface area contributed by atoms with Crippen LogP contribution in [-0.4, -0.2) is 27.8 Å². The highest BCUT2D eigenvalue weighted by Crippen LogP contribution is 2.19. The van der Waals surface area contributed by atoms with Crippen LogP contribution in [0.5, 0.6) is 17.2 Å². The second-order valence-electron chi connectivity index (χ2n) is 4.01. The third-order valence-corrected chi connectivity index (χ3v) is 2.68. The highest BCUT2D eigenvalue weighted by atomic mass is 32.3. The van der Waals surface area contributed by atoms with E-state index in [2.05, 4.69) is 4.18 Å². The Balaban J connectivity index is 0.000000705. The molecular weight excluding hydrogens is 386 g/mol. The van der Waals surface area contributed by atoms with Crippen LogP contribution in [0, 0.1) is 5.82 Å². The van der Waals surface area contributed by atoms with Crippen LogP contribution in [0.3, 0.4) is 0 Å². The lowest BCUT2D eigenvalue weighted by Gasteiger charge is -2.08. The first-order valence-electron chi connectivity index (χ1n) is 6.18. The van der Waals surface area contributed by atoms with Crippen molar-refractivity contribution in [3.63, 3.8) is 0 Å². The van der Waals surface area contributed by atoms with Gasteiger partial charge in [0.25, 0.3) is 0 Å². The molecule has 0 bridgehead atoms. The first-order valence-corrected chi connectivity index (χ1v) is 8.48. The average Bonchev–Trinajstić information content (AvgIpc) is 2.49. The normalized spacial score (nSPS) is 10.2. The van der Waals surface area contributed by atoms with Gasteiger partial charge in [-0.15, -0.1) is 12.6 Å². The van der Waals surface area contributed by atoms with Gasteiger partial charge in [0.2, 0.25) is 6.79 Å². The Morgan fingerprint density at radius 3 is 1.56 bits per heavy atom. The van der Waals surface area contributed by atoms with Gasteiger partial charge < -0.3 is 13.7 Å². The highest BCUT2D eigenvalue weighted by Gasteiger charge is 2.09. The maximum atomic E-state index is 12.7. The quantitative estimate of drug-likeness (QED) is 0.537. The Morgan fingerprint density at radius 2 is 1.16 bits per heavy atom. The van der Waals surface area contributed by atoms with Crippen LogP contribution in [0.1, 0.15) is 0 Å². The number of hydrogen-bond donors (Lipinski definition) is 0. The van der Waals surface area contributed by atoms with Crippen molar-refractivity contribution in [3.8, 4) is 17.2 Å². The largest absolute Gasteiger partial charge is 0.488 e. The summed E-state index contributed by atoms with van der Waals surface area (Å²) in [5.74, 6) is 0.242.